The number of nitrogens with zero attached hydrogens (tertiary/aromatic N) is 2. The number of likely N-dealkylation sites (tertiary alicyclic amines) is 1. The van der Waals surface area contributed by atoms with Crippen molar-refractivity contribution in [3.63, 3.8) is 0 Å². The van der Waals surface area contributed by atoms with Gasteiger partial charge in [0.2, 0.25) is 0 Å². The molecule has 0 spiro atoms. The van der Waals surface area contributed by atoms with E-state index in [1.807, 2.05) is 0 Å². The summed E-state index contributed by atoms with van der Waals surface area (Å²) in [5.41, 5.74) is 5.81. The molecule has 0 saturated carbocycles. The fourth-order valence-corrected chi connectivity index (χ4v) is 1.45. The second-order valence-electron chi connectivity index (χ2n) is 3.29. The van der Waals surface area contributed by atoms with Crippen molar-refractivity contribution in [1.29, 1.82) is 0 Å². The van der Waals surface area contributed by atoms with E-state index < -0.39 is 0 Å². The molecule has 1 heterocycles. The van der Waals surface area contributed by atoms with Gasteiger partial charge in [-0.25, -0.2) is 0 Å². The van der Waals surface area contributed by atoms with Crippen molar-refractivity contribution in [2.75, 3.05) is 19.6 Å². The fourth-order valence-electron chi connectivity index (χ4n) is 1.45. The quantitative estimate of drug-likeness (QED) is 0.498. The summed E-state index contributed by atoms with van der Waals surface area (Å²) in [5.74, 6) is 0.747. The summed E-state index contributed by atoms with van der Waals surface area (Å²) in [7, 11) is 0. The first-order valence-corrected chi connectivity index (χ1v) is 4.89. The van der Waals surface area contributed by atoms with E-state index in [1.165, 1.54) is 19.3 Å². The highest BCUT2D eigenvalue weighted by Gasteiger charge is 2.10. The number of nitrogens with two attached hydrogens (primary N) is 1. The number of rotatable bonds is 2. The highest BCUT2D eigenvalue weighted by atomic mass is 15.2. The first-order chi connectivity index (χ1) is 5.84. The maximum atomic E-state index is 5.81. The lowest BCUT2D eigenvalue weighted by atomic mass is 10.1. The molecule has 1 rings (SSSR count). The van der Waals surface area contributed by atoms with Crippen LogP contribution >= 0.6 is 0 Å². The van der Waals surface area contributed by atoms with Crippen LogP contribution in [0.3, 0.4) is 0 Å². The Labute approximate surface area is 74.6 Å². The van der Waals surface area contributed by atoms with Crippen molar-refractivity contribution in [2.45, 2.75) is 32.6 Å². The fraction of sp³-hybridized carbons (Fsp3) is 0.889. The van der Waals surface area contributed by atoms with Crippen LogP contribution in [-0.4, -0.2) is 30.5 Å². The van der Waals surface area contributed by atoms with E-state index in [0.29, 0.717) is 0 Å². The maximum absolute atomic E-state index is 5.81. The minimum absolute atomic E-state index is 0.747. The van der Waals surface area contributed by atoms with Gasteiger partial charge in [0.05, 0.1) is 0 Å². The Kier molecular flexibility index (Phi) is 3.91. The minimum Gasteiger partial charge on any atom is -0.370 e. The van der Waals surface area contributed by atoms with Crippen molar-refractivity contribution in [3.8, 4) is 0 Å². The summed E-state index contributed by atoms with van der Waals surface area (Å²) in [6, 6.07) is 0. The van der Waals surface area contributed by atoms with Crippen LogP contribution in [0.1, 0.15) is 32.6 Å². The molecule has 0 radical (unpaired) electrons. The molecular weight excluding hydrogens is 150 g/mol. The summed E-state index contributed by atoms with van der Waals surface area (Å²) in [6.45, 7) is 5.17. The van der Waals surface area contributed by atoms with Crippen LogP contribution in [0.4, 0.5) is 0 Å². The molecule has 0 aliphatic carbocycles. The number of piperidine rings is 1. The van der Waals surface area contributed by atoms with E-state index in [2.05, 4.69) is 16.8 Å². The third-order valence-electron chi connectivity index (χ3n) is 2.18. The van der Waals surface area contributed by atoms with Gasteiger partial charge in [-0.2, -0.15) is 0 Å². The normalized spacial score (nSPS) is 19.8. The number of aliphatic imine (C=N–C) groups is 1. The van der Waals surface area contributed by atoms with Gasteiger partial charge in [0.1, 0.15) is 0 Å². The Hall–Kier alpha value is -0.730. The topological polar surface area (TPSA) is 41.6 Å². The Morgan fingerprint density at radius 2 is 2.00 bits per heavy atom. The second-order valence-corrected chi connectivity index (χ2v) is 3.29. The standard InChI is InChI=1S/C9H19N3/c1-2-6-11-9(10)12-7-4-3-5-8-12/h2-8H2,1H3,(H2,10,11). The summed E-state index contributed by atoms with van der Waals surface area (Å²) < 4.78 is 0. The SMILES string of the molecule is CCC/N=C(\N)N1CCCCC1. The lowest BCUT2D eigenvalue weighted by Crippen LogP contribution is -2.40. The highest BCUT2D eigenvalue weighted by molar-refractivity contribution is 5.78. The van der Waals surface area contributed by atoms with Gasteiger partial charge in [-0.05, 0) is 25.7 Å². The lowest BCUT2D eigenvalue weighted by Gasteiger charge is -2.27. The number of hydrogen-bond donors (Lipinski definition) is 1. The van der Waals surface area contributed by atoms with Crippen molar-refractivity contribution in [1.82, 2.24) is 4.90 Å². The monoisotopic (exact) mass is 169 g/mol. The highest BCUT2D eigenvalue weighted by Crippen LogP contribution is 2.07. The molecule has 2 N–H and O–H groups in total. The maximum Gasteiger partial charge on any atom is 0.191 e. The molecule has 1 aliphatic heterocycles. The van der Waals surface area contributed by atoms with Gasteiger partial charge in [-0.1, -0.05) is 6.92 Å². The summed E-state index contributed by atoms with van der Waals surface area (Å²) in [5, 5.41) is 0. The minimum atomic E-state index is 0.747. The van der Waals surface area contributed by atoms with E-state index in [9.17, 15) is 0 Å². The molecule has 1 fully saturated rings. The zero-order chi connectivity index (χ0) is 8.81. The van der Waals surface area contributed by atoms with E-state index in [1.54, 1.807) is 0 Å². The average Bonchev–Trinajstić information content (AvgIpc) is 2.15. The number of guanidine groups is 1. The zero-order valence-corrected chi connectivity index (χ0v) is 7.92. The third kappa shape index (κ3) is 2.72. The molecule has 1 saturated heterocycles. The Morgan fingerprint density at radius 1 is 1.33 bits per heavy atom. The molecule has 12 heavy (non-hydrogen) atoms. The van der Waals surface area contributed by atoms with Crippen LogP contribution in [0.25, 0.3) is 0 Å². The summed E-state index contributed by atoms with van der Waals surface area (Å²) >= 11 is 0. The van der Waals surface area contributed by atoms with Gasteiger partial charge in [0, 0.05) is 19.6 Å². The van der Waals surface area contributed by atoms with Crippen LogP contribution in [0.2, 0.25) is 0 Å². The van der Waals surface area contributed by atoms with E-state index in [0.717, 1.165) is 32.0 Å². The van der Waals surface area contributed by atoms with Crippen LogP contribution in [-0.2, 0) is 0 Å². The van der Waals surface area contributed by atoms with Crippen LogP contribution in [0.5, 0.6) is 0 Å². The van der Waals surface area contributed by atoms with Gasteiger partial charge in [0.25, 0.3) is 0 Å². The zero-order valence-electron chi connectivity index (χ0n) is 7.92. The van der Waals surface area contributed by atoms with Crippen molar-refractivity contribution in [3.05, 3.63) is 0 Å². The molecule has 0 atom stereocenters. The molecule has 0 aromatic carbocycles. The smallest absolute Gasteiger partial charge is 0.191 e. The predicted octanol–water partition coefficient (Wildman–Crippen LogP) is 1.20. The van der Waals surface area contributed by atoms with Crippen molar-refractivity contribution >= 4 is 5.96 Å². The van der Waals surface area contributed by atoms with Gasteiger partial charge in [0.15, 0.2) is 5.96 Å². The second kappa shape index (κ2) is 5.01. The van der Waals surface area contributed by atoms with Gasteiger partial charge in [-0.15, -0.1) is 0 Å². The molecule has 1 aliphatic rings. The van der Waals surface area contributed by atoms with Crippen LogP contribution in [0, 0.1) is 0 Å². The summed E-state index contributed by atoms with van der Waals surface area (Å²) in [6.07, 6.45) is 4.96. The van der Waals surface area contributed by atoms with Crippen LogP contribution in [0.15, 0.2) is 4.99 Å². The van der Waals surface area contributed by atoms with Gasteiger partial charge < -0.3 is 10.6 Å². The molecule has 0 bridgehead atoms. The molecule has 0 aromatic rings. The molecule has 0 unspecified atom stereocenters. The van der Waals surface area contributed by atoms with Crippen LogP contribution < -0.4 is 5.73 Å². The Morgan fingerprint density at radius 3 is 2.58 bits per heavy atom. The molecule has 3 nitrogen and oxygen atoms in total. The summed E-state index contributed by atoms with van der Waals surface area (Å²) in [4.78, 5) is 6.48. The Bertz CT molecular complexity index is 148. The first kappa shape index (κ1) is 9.36. The van der Waals surface area contributed by atoms with E-state index >= 15 is 0 Å². The molecule has 3 heteroatoms. The van der Waals surface area contributed by atoms with Gasteiger partial charge >= 0.3 is 0 Å². The average molecular weight is 169 g/mol. The molecule has 70 valence electrons. The van der Waals surface area contributed by atoms with E-state index in [-0.39, 0.29) is 0 Å². The molecule has 0 aromatic heterocycles. The molecule has 0 amide bonds. The van der Waals surface area contributed by atoms with Crippen molar-refractivity contribution in [2.24, 2.45) is 10.7 Å². The largest absolute Gasteiger partial charge is 0.370 e. The Balaban J connectivity index is 2.33. The lowest BCUT2D eigenvalue weighted by molar-refractivity contribution is 0.338. The third-order valence-corrected chi connectivity index (χ3v) is 2.18. The van der Waals surface area contributed by atoms with E-state index in [4.69, 9.17) is 5.73 Å². The predicted molar refractivity (Wildman–Crippen MR) is 52.2 cm³/mol. The first-order valence-electron chi connectivity index (χ1n) is 4.89. The number of hydrogen-bond acceptors (Lipinski definition) is 1. The van der Waals surface area contributed by atoms with Gasteiger partial charge in [-0.3, -0.25) is 4.99 Å². The van der Waals surface area contributed by atoms with Crippen molar-refractivity contribution < 1.29 is 0 Å². The molecular formula is C9H19N3.